The van der Waals surface area contributed by atoms with Crippen molar-refractivity contribution in [2.45, 2.75) is 12.5 Å². The van der Waals surface area contributed by atoms with E-state index in [0.29, 0.717) is 4.99 Å². The van der Waals surface area contributed by atoms with Gasteiger partial charge in [0.1, 0.15) is 0 Å². The molecule has 1 heterocycles. The quantitative estimate of drug-likeness (QED) is 0.854. The summed E-state index contributed by atoms with van der Waals surface area (Å²) in [5.74, 6) is 0. The van der Waals surface area contributed by atoms with Gasteiger partial charge in [0.05, 0.1) is 11.0 Å². The lowest BCUT2D eigenvalue weighted by atomic mass is 9.97. The molecule has 1 atom stereocenters. The summed E-state index contributed by atoms with van der Waals surface area (Å²) in [6.07, 6.45) is 1.13. The second kappa shape index (κ2) is 6.52. The van der Waals surface area contributed by atoms with Crippen LogP contribution in [0.1, 0.15) is 18.0 Å². The molecule has 0 saturated carbocycles. The minimum Gasteiger partial charge on any atom is -0.392 e. The Kier molecular flexibility index (Phi) is 4.48. The molecule has 1 aliphatic rings. The van der Waals surface area contributed by atoms with E-state index in [1.807, 2.05) is 0 Å². The van der Waals surface area contributed by atoms with Gasteiger partial charge in [0, 0.05) is 19.6 Å². The first-order valence-electron chi connectivity index (χ1n) is 7.49. The van der Waals surface area contributed by atoms with Gasteiger partial charge in [-0.25, -0.2) is 0 Å². The largest absolute Gasteiger partial charge is 0.392 e. The molecule has 0 spiro atoms. The van der Waals surface area contributed by atoms with E-state index in [4.69, 9.17) is 18.0 Å². The number of hydrogen-bond donors (Lipinski definition) is 2. The third kappa shape index (κ3) is 3.07. The summed E-state index contributed by atoms with van der Waals surface area (Å²) in [6, 6.07) is 14.9. The number of nitrogens with zero attached hydrogens (tertiary/aromatic N) is 1. The number of nitrogens with two attached hydrogens (primary N) is 1. The van der Waals surface area contributed by atoms with E-state index in [0.717, 1.165) is 32.6 Å². The van der Waals surface area contributed by atoms with Crippen molar-refractivity contribution in [3.8, 4) is 0 Å². The fraction of sp³-hybridized carbons (Fsp3) is 0.353. The number of rotatable bonds is 3. The summed E-state index contributed by atoms with van der Waals surface area (Å²) in [5, 5.41) is 5.92. The van der Waals surface area contributed by atoms with Crippen molar-refractivity contribution in [2.75, 3.05) is 26.2 Å². The van der Waals surface area contributed by atoms with Gasteiger partial charge in [-0.05, 0) is 29.3 Å². The molecule has 4 heteroatoms. The monoisotopic (exact) mass is 299 g/mol. The number of fused-ring (bicyclic) bond motifs is 1. The van der Waals surface area contributed by atoms with Gasteiger partial charge in [-0.1, -0.05) is 54.7 Å². The van der Waals surface area contributed by atoms with Crippen LogP contribution < -0.4 is 11.1 Å². The van der Waals surface area contributed by atoms with E-state index < -0.39 is 0 Å². The van der Waals surface area contributed by atoms with Gasteiger partial charge in [-0.15, -0.1) is 0 Å². The first kappa shape index (κ1) is 14.4. The molecule has 1 aliphatic heterocycles. The van der Waals surface area contributed by atoms with Crippen molar-refractivity contribution in [2.24, 2.45) is 5.73 Å². The molecular formula is C17H21N3S. The van der Waals surface area contributed by atoms with Crippen LogP contribution >= 0.6 is 12.2 Å². The van der Waals surface area contributed by atoms with Crippen molar-refractivity contribution in [3.63, 3.8) is 0 Å². The lowest BCUT2D eigenvalue weighted by Crippen LogP contribution is -2.39. The van der Waals surface area contributed by atoms with Crippen LogP contribution in [0.4, 0.5) is 0 Å². The Bertz CT molecular complexity index is 627. The standard InChI is InChI=1S/C17H21N3S/c18-17(21)16(20-11-4-9-19-10-12-20)15-8-3-6-13-5-1-2-7-14(13)15/h1-3,5-8,16,19H,4,9-12H2,(H2,18,21). The lowest BCUT2D eigenvalue weighted by molar-refractivity contribution is 0.263. The number of thiocarbonyl (C=S) groups is 1. The maximum Gasteiger partial charge on any atom is 0.0948 e. The van der Waals surface area contributed by atoms with E-state index in [1.54, 1.807) is 0 Å². The summed E-state index contributed by atoms with van der Waals surface area (Å²) in [4.78, 5) is 2.97. The molecule has 0 bridgehead atoms. The van der Waals surface area contributed by atoms with E-state index in [-0.39, 0.29) is 6.04 Å². The second-order valence-corrected chi connectivity index (χ2v) is 5.98. The normalized spacial score (nSPS) is 18.3. The molecule has 3 N–H and O–H groups in total. The van der Waals surface area contributed by atoms with Crippen LogP contribution in [0.25, 0.3) is 10.8 Å². The van der Waals surface area contributed by atoms with Gasteiger partial charge in [-0.3, -0.25) is 4.90 Å². The fourth-order valence-electron chi connectivity index (χ4n) is 3.14. The Hall–Kier alpha value is -1.49. The van der Waals surface area contributed by atoms with Crippen molar-refractivity contribution < 1.29 is 0 Å². The minimum atomic E-state index is 0.0194. The molecular weight excluding hydrogens is 278 g/mol. The third-order valence-corrected chi connectivity index (χ3v) is 4.35. The predicted octanol–water partition coefficient (Wildman–Crippen LogP) is 2.46. The zero-order valence-electron chi connectivity index (χ0n) is 12.1. The minimum absolute atomic E-state index is 0.0194. The molecule has 1 unspecified atom stereocenters. The molecule has 21 heavy (non-hydrogen) atoms. The smallest absolute Gasteiger partial charge is 0.0948 e. The van der Waals surface area contributed by atoms with Gasteiger partial charge in [0.25, 0.3) is 0 Å². The van der Waals surface area contributed by atoms with Gasteiger partial charge in [0.15, 0.2) is 0 Å². The van der Waals surface area contributed by atoms with Crippen LogP contribution in [0.3, 0.4) is 0 Å². The maximum absolute atomic E-state index is 6.11. The Balaban J connectivity index is 2.05. The Morgan fingerprint density at radius 1 is 1.10 bits per heavy atom. The van der Waals surface area contributed by atoms with E-state index in [1.165, 1.54) is 16.3 Å². The first-order valence-corrected chi connectivity index (χ1v) is 7.90. The van der Waals surface area contributed by atoms with Gasteiger partial charge in [-0.2, -0.15) is 0 Å². The zero-order chi connectivity index (χ0) is 14.7. The average molecular weight is 299 g/mol. The molecule has 0 radical (unpaired) electrons. The highest BCUT2D eigenvalue weighted by Gasteiger charge is 2.25. The molecule has 1 fully saturated rings. The van der Waals surface area contributed by atoms with Gasteiger partial charge >= 0.3 is 0 Å². The summed E-state index contributed by atoms with van der Waals surface area (Å²) in [7, 11) is 0. The average Bonchev–Trinajstić information content (AvgIpc) is 2.77. The molecule has 110 valence electrons. The van der Waals surface area contributed by atoms with Crippen molar-refractivity contribution >= 4 is 28.0 Å². The van der Waals surface area contributed by atoms with E-state index in [2.05, 4.69) is 52.7 Å². The molecule has 0 aromatic heterocycles. The van der Waals surface area contributed by atoms with Crippen LogP contribution in [0, 0.1) is 0 Å². The van der Waals surface area contributed by atoms with Crippen LogP contribution in [-0.2, 0) is 0 Å². The molecule has 0 amide bonds. The van der Waals surface area contributed by atoms with E-state index in [9.17, 15) is 0 Å². The molecule has 1 saturated heterocycles. The predicted molar refractivity (Wildman–Crippen MR) is 92.5 cm³/mol. The number of nitrogens with one attached hydrogen (secondary N) is 1. The third-order valence-electron chi connectivity index (χ3n) is 4.13. The fourth-order valence-corrected chi connectivity index (χ4v) is 3.42. The number of benzene rings is 2. The summed E-state index contributed by atoms with van der Waals surface area (Å²) in [5.41, 5.74) is 7.34. The van der Waals surface area contributed by atoms with Crippen LogP contribution in [-0.4, -0.2) is 36.1 Å². The maximum atomic E-state index is 6.11. The highest BCUT2D eigenvalue weighted by atomic mass is 32.1. The van der Waals surface area contributed by atoms with Crippen LogP contribution in [0.2, 0.25) is 0 Å². The molecule has 3 nitrogen and oxygen atoms in total. The van der Waals surface area contributed by atoms with Crippen LogP contribution in [0.15, 0.2) is 42.5 Å². The summed E-state index contributed by atoms with van der Waals surface area (Å²) < 4.78 is 0. The Morgan fingerprint density at radius 2 is 1.90 bits per heavy atom. The Labute approximate surface area is 131 Å². The van der Waals surface area contributed by atoms with Crippen molar-refractivity contribution in [3.05, 3.63) is 48.0 Å². The SMILES string of the molecule is NC(=S)C(c1cccc2ccccc12)N1CCCNCC1. The molecule has 2 aromatic carbocycles. The van der Waals surface area contributed by atoms with Crippen molar-refractivity contribution in [1.82, 2.24) is 10.2 Å². The van der Waals surface area contributed by atoms with Gasteiger partial charge in [0.2, 0.25) is 0 Å². The van der Waals surface area contributed by atoms with Crippen molar-refractivity contribution in [1.29, 1.82) is 0 Å². The first-order chi connectivity index (χ1) is 10.3. The Morgan fingerprint density at radius 3 is 2.76 bits per heavy atom. The van der Waals surface area contributed by atoms with Gasteiger partial charge < -0.3 is 11.1 Å². The molecule has 3 rings (SSSR count). The highest BCUT2D eigenvalue weighted by molar-refractivity contribution is 7.80. The molecule has 0 aliphatic carbocycles. The zero-order valence-corrected chi connectivity index (χ0v) is 12.9. The molecule has 2 aromatic rings. The second-order valence-electron chi connectivity index (χ2n) is 5.51. The highest BCUT2D eigenvalue weighted by Crippen LogP contribution is 2.29. The summed E-state index contributed by atoms with van der Waals surface area (Å²) >= 11 is 5.40. The van der Waals surface area contributed by atoms with Crippen LogP contribution in [0.5, 0.6) is 0 Å². The number of hydrogen-bond acceptors (Lipinski definition) is 3. The topological polar surface area (TPSA) is 41.3 Å². The summed E-state index contributed by atoms with van der Waals surface area (Å²) in [6.45, 7) is 4.06. The van der Waals surface area contributed by atoms with E-state index >= 15 is 0 Å². The lowest BCUT2D eigenvalue weighted by Gasteiger charge is -2.30.